The predicted octanol–water partition coefficient (Wildman–Crippen LogP) is 1.47. The number of likely N-dealkylation sites (tertiary alicyclic amines) is 1. The summed E-state index contributed by atoms with van der Waals surface area (Å²) in [7, 11) is 0. The molecule has 1 rings (SSSR count). The van der Waals surface area contributed by atoms with Gasteiger partial charge < -0.3 is 4.90 Å². The number of nitriles is 1. The van der Waals surface area contributed by atoms with Crippen molar-refractivity contribution in [2.45, 2.75) is 31.9 Å². The lowest BCUT2D eigenvalue weighted by atomic mass is 10.2. The molecule has 0 aromatic carbocycles. The molecule has 1 aliphatic heterocycles. The molecule has 0 aliphatic carbocycles. The van der Waals surface area contributed by atoms with Crippen LogP contribution in [0.3, 0.4) is 0 Å². The van der Waals surface area contributed by atoms with Gasteiger partial charge in [0.15, 0.2) is 6.19 Å². The Morgan fingerprint density at radius 2 is 2.15 bits per heavy atom. The molecule has 1 fully saturated rings. The summed E-state index contributed by atoms with van der Waals surface area (Å²) in [6.45, 7) is 1.72. The highest BCUT2D eigenvalue weighted by molar-refractivity contribution is 4.90. The number of hydrogen-bond donors (Lipinski definition) is 0. The van der Waals surface area contributed by atoms with E-state index in [1.807, 2.05) is 6.19 Å². The normalized spacial score (nSPS) is 29.0. The summed E-state index contributed by atoms with van der Waals surface area (Å²) in [5.41, 5.74) is 0. The van der Waals surface area contributed by atoms with E-state index in [9.17, 15) is 13.2 Å². The molecule has 2 atom stereocenters. The van der Waals surface area contributed by atoms with Crippen LogP contribution in [0.5, 0.6) is 0 Å². The van der Waals surface area contributed by atoms with Crippen molar-refractivity contribution in [1.82, 2.24) is 4.90 Å². The summed E-state index contributed by atoms with van der Waals surface area (Å²) in [5.74, 6) is 0. The van der Waals surface area contributed by atoms with Crippen molar-refractivity contribution in [3.63, 3.8) is 0 Å². The molecule has 0 saturated carbocycles. The van der Waals surface area contributed by atoms with Crippen LogP contribution in [0.25, 0.3) is 0 Å². The third-order valence-corrected chi connectivity index (χ3v) is 1.97. The predicted molar refractivity (Wildman–Crippen MR) is 37.3 cm³/mol. The monoisotopic (exact) mass is 194 g/mol. The first-order valence-electron chi connectivity index (χ1n) is 3.83. The Morgan fingerprint density at radius 3 is 2.54 bits per heavy atom. The molecule has 0 bridgehead atoms. The molecule has 1 saturated heterocycles. The molecule has 0 aromatic rings. The van der Waals surface area contributed by atoms with Gasteiger partial charge in [-0.15, -0.1) is 13.2 Å². The minimum absolute atomic E-state index is 0.0250. The van der Waals surface area contributed by atoms with Crippen LogP contribution in [0.1, 0.15) is 13.3 Å². The van der Waals surface area contributed by atoms with Gasteiger partial charge in [0.05, 0.1) is 12.6 Å². The van der Waals surface area contributed by atoms with E-state index in [1.165, 1.54) is 4.90 Å². The third-order valence-electron chi connectivity index (χ3n) is 1.97. The molecular formula is C7H9F3N2O. The van der Waals surface area contributed by atoms with Crippen LogP contribution in [0.2, 0.25) is 0 Å². The minimum Gasteiger partial charge on any atom is -0.305 e. The fraction of sp³-hybridized carbons (Fsp3) is 0.857. The van der Waals surface area contributed by atoms with E-state index in [4.69, 9.17) is 5.26 Å². The second-order valence-corrected chi connectivity index (χ2v) is 3.02. The first-order chi connectivity index (χ1) is 5.92. The molecule has 1 heterocycles. The fourth-order valence-corrected chi connectivity index (χ4v) is 1.40. The van der Waals surface area contributed by atoms with Crippen LogP contribution in [-0.2, 0) is 4.74 Å². The summed E-state index contributed by atoms with van der Waals surface area (Å²) in [4.78, 5) is 1.29. The Bertz CT molecular complexity index is 223. The first kappa shape index (κ1) is 10.1. The highest BCUT2D eigenvalue weighted by atomic mass is 19.4. The summed E-state index contributed by atoms with van der Waals surface area (Å²) < 4.78 is 39.0. The molecule has 1 aliphatic rings. The average Bonchev–Trinajstić information content (AvgIpc) is 2.26. The zero-order valence-corrected chi connectivity index (χ0v) is 7.01. The van der Waals surface area contributed by atoms with Crippen molar-refractivity contribution in [1.29, 1.82) is 5.26 Å². The SMILES string of the molecule is CC1CC(OC(F)(F)F)CN1C#N. The topological polar surface area (TPSA) is 36.3 Å². The number of alkyl halides is 3. The van der Waals surface area contributed by atoms with Crippen molar-refractivity contribution in [2.75, 3.05) is 6.54 Å². The third kappa shape index (κ3) is 2.77. The summed E-state index contributed by atoms with van der Waals surface area (Å²) in [6, 6.07) is -0.169. The lowest BCUT2D eigenvalue weighted by molar-refractivity contribution is -0.340. The standard InChI is InChI=1S/C7H9F3N2O/c1-5-2-6(3-12(5)4-11)13-7(8,9)10/h5-6H,2-3H2,1H3. The van der Waals surface area contributed by atoms with Crippen molar-refractivity contribution in [3.8, 4) is 6.19 Å². The van der Waals surface area contributed by atoms with Crippen LogP contribution in [0.4, 0.5) is 13.2 Å². The molecule has 6 heteroatoms. The Labute approximate surface area is 73.7 Å². The molecular weight excluding hydrogens is 185 g/mol. The van der Waals surface area contributed by atoms with E-state index in [-0.39, 0.29) is 19.0 Å². The number of ether oxygens (including phenoxy) is 1. The van der Waals surface area contributed by atoms with Gasteiger partial charge in [-0.1, -0.05) is 0 Å². The Balaban J connectivity index is 2.46. The molecule has 2 unspecified atom stereocenters. The van der Waals surface area contributed by atoms with Crippen LogP contribution in [-0.4, -0.2) is 30.0 Å². The maximum absolute atomic E-state index is 11.7. The number of nitrogens with zero attached hydrogens (tertiary/aromatic N) is 2. The van der Waals surface area contributed by atoms with Crippen LogP contribution < -0.4 is 0 Å². The van der Waals surface area contributed by atoms with E-state index >= 15 is 0 Å². The van der Waals surface area contributed by atoms with Crippen LogP contribution in [0, 0.1) is 11.5 Å². The number of halogens is 3. The molecule has 0 aromatic heterocycles. The van der Waals surface area contributed by atoms with Gasteiger partial charge in [0.1, 0.15) is 0 Å². The van der Waals surface area contributed by atoms with Gasteiger partial charge in [0.25, 0.3) is 0 Å². The van der Waals surface area contributed by atoms with E-state index in [2.05, 4.69) is 4.74 Å². The van der Waals surface area contributed by atoms with Gasteiger partial charge in [-0.25, -0.2) is 0 Å². The van der Waals surface area contributed by atoms with Gasteiger partial charge in [-0.05, 0) is 13.3 Å². The van der Waals surface area contributed by atoms with E-state index in [0.29, 0.717) is 0 Å². The number of rotatable bonds is 1. The van der Waals surface area contributed by atoms with Gasteiger partial charge in [-0.3, -0.25) is 4.74 Å². The highest BCUT2D eigenvalue weighted by Crippen LogP contribution is 2.26. The molecule has 0 radical (unpaired) electrons. The first-order valence-corrected chi connectivity index (χ1v) is 3.83. The second kappa shape index (κ2) is 3.42. The summed E-state index contributed by atoms with van der Waals surface area (Å²) in [6.07, 6.45) is -3.45. The lowest BCUT2D eigenvalue weighted by Crippen LogP contribution is -2.26. The molecule has 13 heavy (non-hydrogen) atoms. The Morgan fingerprint density at radius 1 is 1.54 bits per heavy atom. The molecule has 74 valence electrons. The zero-order valence-electron chi connectivity index (χ0n) is 7.01. The van der Waals surface area contributed by atoms with Gasteiger partial charge in [0, 0.05) is 6.04 Å². The van der Waals surface area contributed by atoms with E-state index < -0.39 is 12.5 Å². The van der Waals surface area contributed by atoms with Crippen molar-refractivity contribution >= 4 is 0 Å². The second-order valence-electron chi connectivity index (χ2n) is 3.02. The maximum atomic E-state index is 11.7. The van der Waals surface area contributed by atoms with Gasteiger partial charge in [-0.2, -0.15) is 5.26 Å². The Kier molecular flexibility index (Phi) is 2.66. The van der Waals surface area contributed by atoms with Crippen molar-refractivity contribution < 1.29 is 17.9 Å². The van der Waals surface area contributed by atoms with Crippen molar-refractivity contribution in [3.05, 3.63) is 0 Å². The molecule has 0 N–H and O–H groups in total. The highest BCUT2D eigenvalue weighted by Gasteiger charge is 2.38. The zero-order chi connectivity index (χ0) is 10.1. The quantitative estimate of drug-likeness (QED) is 0.593. The van der Waals surface area contributed by atoms with E-state index in [0.717, 1.165) is 0 Å². The van der Waals surface area contributed by atoms with Crippen molar-refractivity contribution in [2.24, 2.45) is 0 Å². The average molecular weight is 194 g/mol. The lowest BCUT2D eigenvalue weighted by Gasteiger charge is -2.13. The smallest absolute Gasteiger partial charge is 0.305 e. The fourth-order valence-electron chi connectivity index (χ4n) is 1.40. The summed E-state index contributed by atoms with van der Waals surface area (Å²) >= 11 is 0. The summed E-state index contributed by atoms with van der Waals surface area (Å²) in [5, 5.41) is 8.49. The van der Waals surface area contributed by atoms with Crippen LogP contribution in [0.15, 0.2) is 0 Å². The largest absolute Gasteiger partial charge is 0.522 e. The maximum Gasteiger partial charge on any atom is 0.522 e. The number of hydrogen-bond acceptors (Lipinski definition) is 3. The Hall–Kier alpha value is -0.960. The molecule has 3 nitrogen and oxygen atoms in total. The molecule has 0 spiro atoms. The van der Waals surface area contributed by atoms with Crippen LogP contribution >= 0.6 is 0 Å². The van der Waals surface area contributed by atoms with Gasteiger partial charge >= 0.3 is 6.36 Å². The minimum atomic E-state index is -4.60. The van der Waals surface area contributed by atoms with E-state index in [1.54, 1.807) is 6.92 Å². The van der Waals surface area contributed by atoms with Gasteiger partial charge in [0.2, 0.25) is 0 Å². The molecule has 0 amide bonds.